The SMILES string of the molecule is CNC1CCc2ccc(Oc3cnc4[nH]cc(C(=O)NC(C)C)c4n3)cc21.O=CC1CC1. The molecule has 1 atom stereocenters. The average molecular weight is 436 g/mol. The van der Waals surface area contributed by atoms with Crippen LogP contribution in [-0.4, -0.2) is 40.2 Å². The second-order valence-corrected chi connectivity index (χ2v) is 8.55. The first kappa shape index (κ1) is 22.0. The van der Waals surface area contributed by atoms with Gasteiger partial charge in [0.25, 0.3) is 5.91 Å². The van der Waals surface area contributed by atoms with Gasteiger partial charge >= 0.3 is 0 Å². The number of amides is 1. The number of hydrogen-bond acceptors (Lipinski definition) is 6. The topological polar surface area (TPSA) is 109 Å². The van der Waals surface area contributed by atoms with Crippen LogP contribution in [0.2, 0.25) is 0 Å². The van der Waals surface area contributed by atoms with Gasteiger partial charge in [0.15, 0.2) is 5.65 Å². The summed E-state index contributed by atoms with van der Waals surface area (Å²) in [6.45, 7) is 3.83. The minimum absolute atomic E-state index is 0.0429. The Bertz CT molecular complexity index is 1120. The zero-order chi connectivity index (χ0) is 22.7. The van der Waals surface area contributed by atoms with Crippen molar-refractivity contribution in [3.63, 3.8) is 0 Å². The number of fused-ring (bicyclic) bond motifs is 2. The highest BCUT2D eigenvalue weighted by Crippen LogP contribution is 2.34. The van der Waals surface area contributed by atoms with E-state index in [2.05, 4.69) is 37.7 Å². The molecule has 2 heterocycles. The molecular weight excluding hydrogens is 406 g/mol. The van der Waals surface area contributed by atoms with Crippen molar-refractivity contribution in [2.75, 3.05) is 7.05 Å². The van der Waals surface area contributed by atoms with E-state index in [1.165, 1.54) is 11.1 Å². The highest BCUT2D eigenvalue weighted by atomic mass is 16.5. The van der Waals surface area contributed by atoms with Crippen molar-refractivity contribution < 1.29 is 14.3 Å². The normalized spacial score (nSPS) is 16.9. The molecule has 0 aliphatic heterocycles. The molecule has 3 N–H and O–H groups in total. The zero-order valence-corrected chi connectivity index (χ0v) is 18.6. The third kappa shape index (κ3) is 4.96. The van der Waals surface area contributed by atoms with E-state index in [0.29, 0.717) is 40.3 Å². The number of ether oxygens (including phenoxy) is 1. The average Bonchev–Trinajstić information content (AvgIpc) is 3.40. The highest BCUT2D eigenvalue weighted by molar-refractivity contribution is 6.04. The van der Waals surface area contributed by atoms with Gasteiger partial charge < -0.3 is 25.1 Å². The standard InChI is InChI=1S/C20H23N5O2.C4H6O/c1-11(2)24-20(26)15-9-22-19-18(15)25-17(10-23-19)27-13-6-4-12-5-7-16(21-3)14(12)8-13;5-3-4-1-2-4/h4,6,8-11,16,21H,5,7H2,1-3H3,(H,22,23)(H,24,26);3-4H,1-2H2. The van der Waals surface area contributed by atoms with Crippen LogP contribution in [0.4, 0.5) is 0 Å². The minimum atomic E-state index is -0.183. The maximum atomic E-state index is 12.4. The Morgan fingerprint density at radius 3 is 2.75 bits per heavy atom. The first-order chi connectivity index (χ1) is 15.5. The van der Waals surface area contributed by atoms with Crippen molar-refractivity contribution >= 4 is 23.4 Å². The van der Waals surface area contributed by atoms with Crippen LogP contribution in [0.15, 0.2) is 30.6 Å². The molecule has 0 saturated heterocycles. The molecule has 3 aromatic rings. The first-order valence-electron chi connectivity index (χ1n) is 11.1. The molecule has 1 saturated carbocycles. The molecule has 0 radical (unpaired) electrons. The fraction of sp³-hybridized carbons (Fsp3) is 0.417. The maximum Gasteiger partial charge on any atom is 0.255 e. The lowest BCUT2D eigenvalue weighted by atomic mass is 10.1. The van der Waals surface area contributed by atoms with E-state index in [-0.39, 0.29) is 11.9 Å². The molecule has 2 aliphatic rings. The van der Waals surface area contributed by atoms with Crippen molar-refractivity contribution in [3.05, 3.63) is 47.3 Å². The van der Waals surface area contributed by atoms with Crippen LogP contribution in [-0.2, 0) is 11.2 Å². The molecule has 1 fully saturated rings. The molecule has 2 aromatic heterocycles. The lowest BCUT2D eigenvalue weighted by molar-refractivity contribution is -0.108. The number of hydrogen-bond donors (Lipinski definition) is 3. The number of H-pyrrole nitrogens is 1. The quantitative estimate of drug-likeness (QED) is 0.510. The van der Waals surface area contributed by atoms with E-state index in [1.54, 1.807) is 12.4 Å². The van der Waals surface area contributed by atoms with Crippen molar-refractivity contribution in [3.8, 4) is 11.6 Å². The van der Waals surface area contributed by atoms with Crippen LogP contribution in [0.25, 0.3) is 11.2 Å². The summed E-state index contributed by atoms with van der Waals surface area (Å²) in [5, 5.41) is 6.21. The number of aldehydes is 1. The van der Waals surface area contributed by atoms with Crippen LogP contribution in [0.3, 0.4) is 0 Å². The van der Waals surface area contributed by atoms with Gasteiger partial charge in [-0.3, -0.25) is 4.79 Å². The van der Waals surface area contributed by atoms with Gasteiger partial charge in [0, 0.05) is 24.2 Å². The van der Waals surface area contributed by atoms with Crippen LogP contribution in [0, 0.1) is 5.92 Å². The summed E-state index contributed by atoms with van der Waals surface area (Å²) in [7, 11) is 1.97. The molecule has 1 aromatic carbocycles. The molecule has 8 nitrogen and oxygen atoms in total. The van der Waals surface area contributed by atoms with Crippen molar-refractivity contribution in [2.45, 2.75) is 51.6 Å². The molecule has 8 heteroatoms. The van der Waals surface area contributed by atoms with Crippen LogP contribution >= 0.6 is 0 Å². The van der Waals surface area contributed by atoms with Crippen molar-refractivity contribution in [1.82, 2.24) is 25.6 Å². The Kier molecular flexibility index (Phi) is 6.50. The number of nitrogens with zero attached hydrogens (tertiary/aromatic N) is 2. The molecule has 1 unspecified atom stereocenters. The number of benzene rings is 1. The number of carbonyl (C=O) groups is 2. The predicted octanol–water partition coefficient (Wildman–Crippen LogP) is 3.69. The van der Waals surface area contributed by atoms with Crippen molar-refractivity contribution in [1.29, 1.82) is 0 Å². The molecule has 0 spiro atoms. The highest BCUT2D eigenvalue weighted by Gasteiger charge is 2.22. The van der Waals surface area contributed by atoms with Crippen LogP contribution < -0.4 is 15.4 Å². The Balaban J connectivity index is 0.000000433. The zero-order valence-electron chi connectivity index (χ0n) is 18.6. The number of nitrogens with one attached hydrogen (secondary N) is 3. The van der Waals surface area contributed by atoms with Crippen LogP contribution in [0.5, 0.6) is 11.6 Å². The summed E-state index contributed by atoms with van der Waals surface area (Å²) in [5.41, 5.74) is 4.13. The first-order valence-corrected chi connectivity index (χ1v) is 11.1. The van der Waals surface area contributed by atoms with Gasteiger partial charge in [-0.1, -0.05) is 6.07 Å². The lowest BCUT2D eigenvalue weighted by Gasteiger charge is -2.12. The van der Waals surface area contributed by atoms with Crippen molar-refractivity contribution in [2.24, 2.45) is 5.92 Å². The largest absolute Gasteiger partial charge is 0.437 e. The molecule has 1 amide bonds. The Morgan fingerprint density at radius 2 is 2.09 bits per heavy atom. The number of carbonyl (C=O) groups excluding carboxylic acids is 2. The summed E-state index contributed by atoms with van der Waals surface area (Å²) in [5.74, 6) is 1.35. The van der Waals surface area contributed by atoms with Gasteiger partial charge in [-0.15, -0.1) is 0 Å². The second-order valence-electron chi connectivity index (χ2n) is 8.55. The monoisotopic (exact) mass is 435 g/mol. The summed E-state index contributed by atoms with van der Waals surface area (Å²) in [4.78, 5) is 33.7. The van der Waals surface area contributed by atoms with E-state index < -0.39 is 0 Å². The third-order valence-corrected chi connectivity index (χ3v) is 5.60. The number of aromatic amines is 1. The van der Waals surface area contributed by atoms with Crippen LogP contribution in [0.1, 0.15) is 60.6 Å². The van der Waals surface area contributed by atoms with Gasteiger partial charge in [-0.2, -0.15) is 0 Å². The van der Waals surface area contributed by atoms with Gasteiger partial charge in [0.05, 0.1) is 11.8 Å². The molecule has 32 heavy (non-hydrogen) atoms. The molecular formula is C24H29N5O3. The van der Waals surface area contributed by atoms with E-state index in [1.807, 2.05) is 27.0 Å². The number of aromatic nitrogens is 3. The van der Waals surface area contributed by atoms with E-state index >= 15 is 0 Å². The van der Waals surface area contributed by atoms with Gasteiger partial charge in [-0.05, 0) is 69.8 Å². The van der Waals surface area contributed by atoms with E-state index in [0.717, 1.165) is 32.0 Å². The lowest BCUT2D eigenvalue weighted by Crippen LogP contribution is -2.29. The number of rotatable bonds is 6. The van der Waals surface area contributed by atoms with Gasteiger partial charge in [0.2, 0.25) is 5.88 Å². The van der Waals surface area contributed by atoms with Gasteiger partial charge in [0.1, 0.15) is 17.6 Å². The summed E-state index contributed by atoms with van der Waals surface area (Å²) >= 11 is 0. The third-order valence-electron chi connectivity index (χ3n) is 5.60. The second kappa shape index (κ2) is 9.48. The molecule has 168 valence electrons. The fourth-order valence-corrected chi connectivity index (χ4v) is 3.73. The van der Waals surface area contributed by atoms with E-state index in [4.69, 9.17) is 4.74 Å². The molecule has 2 aliphatic carbocycles. The summed E-state index contributed by atoms with van der Waals surface area (Å²) in [6.07, 6.45) is 8.67. The summed E-state index contributed by atoms with van der Waals surface area (Å²) < 4.78 is 5.94. The Hall–Kier alpha value is -3.26. The maximum absolute atomic E-state index is 12.4. The molecule has 5 rings (SSSR count). The predicted molar refractivity (Wildman–Crippen MR) is 122 cm³/mol. The number of aryl methyl sites for hydroxylation is 1. The molecule has 0 bridgehead atoms. The Morgan fingerprint density at radius 1 is 1.28 bits per heavy atom. The van der Waals surface area contributed by atoms with E-state index in [9.17, 15) is 9.59 Å². The summed E-state index contributed by atoms with van der Waals surface area (Å²) in [6, 6.07) is 6.51. The van der Waals surface area contributed by atoms with Gasteiger partial charge in [-0.25, -0.2) is 9.97 Å². The smallest absolute Gasteiger partial charge is 0.255 e. The minimum Gasteiger partial charge on any atom is -0.437 e. The Labute approximate surface area is 187 Å². The fourth-order valence-electron chi connectivity index (χ4n) is 3.73.